The highest BCUT2D eigenvalue weighted by atomic mass is 16.1. The van der Waals surface area contributed by atoms with Crippen molar-refractivity contribution >= 4 is 12.4 Å². The first-order valence-electron chi connectivity index (χ1n) is 8.07. The van der Waals surface area contributed by atoms with Crippen LogP contribution in [-0.4, -0.2) is 6.29 Å². The molecule has 0 aromatic heterocycles. The third-order valence-corrected chi connectivity index (χ3v) is 3.67. The van der Waals surface area contributed by atoms with Gasteiger partial charge in [0, 0.05) is 0 Å². The summed E-state index contributed by atoms with van der Waals surface area (Å²) in [6, 6.07) is 8.51. The molecule has 0 atom stereocenters. The zero-order valence-corrected chi connectivity index (χ0v) is 12.8. The van der Waals surface area contributed by atoms with E-state index in [1.165, 1.54) is 69.4 Å². The fraction of sp³-hybridized carbons (Fsp3) is 0.526. The normalized spacial score (nSPS) is 11.1. The van der Waals surface area contributed by atoms with Gasteiger partial charge in [-0.15, -0.1) is 0 Å². The third kappa shape index (κ3) is 7.93. The summed E-state index contributed by atoms with van der Waals surface area (Å²) >= 11 is 0. The Morgan fingerprint density at radius 3 is 2.05 bits per heavy atom. The number of aldehydes is 1. The predicted molar refractivity (Wildman–Crippen MR) is 87.9 cm³/mol. The van der Waals surface area contributed by atoms with Crippen LogP contribution < -0.4 is 0 Å². The van der Waals surface area contributed by atoms with Crippen LogP contribution in [0, 0.1) is 0 Å². The molecule has 1 rings (SSSR count). The van der Waals surface area contributed by atoms with Crippen molar-refractivity contribution in [3.8, 4) is 0 Å². The van der Waals surface area contributed by atoms with E-state index in [1.54, 1.807) is 0 Å². The second kappa shape index (κ2) is 11.5. The van der Waals surface area contributed by atoms with Gasteiger partial charge in [-0.3, -0.25) is 4.79 Å². The van der Waals surface area contributed by atoms with Gasteiger partial charge in [0.15, 0.2) is 0 Å². The Labute approximate surface area is 124 Å². The highest BCUT2D eigenvalue weighted by Crippen LogP contribution is 2.12. The van der Waals surface area contributed by atoms with Crippen molar-refractivity contribution in [1.82, 2.24) is 0 Å². The molecule has 0 amide bonds. The SMILES string of the molecule is CCCCCCCCCCc1ccc(/C=C/C=O)cc1. The van der Waals surface area contributed by atoms with Gasteiger partial charge in [-0.2, -0.15) is 0 Å². The van der Waals surface area contributed by atoms with Crippen molar-refractivity contribution in [2.24, 2.45) is 0 Å². The largest absolute Gasteiger partial charge is 0.299 e. The molecule has 0 heterocycles. The lowest BCUT2D eigenvalue weighted by atomic mass is 10.0. The summed E-state index contributed by atoms with van der Waals surface area (Å²) in [5.41, 5.74) is 2.50. The zero-order valence-electron chi connectivity index (χ0n) is 12.8. The fourth-order valence-corrected chi connectivity index (χ4v) is 2.41. The molecule has 0 unspecified atom stereocenters. The molecule has 20 heavy (non-hydrogen) atoms. The van der Waals surface area contributed by atoms with Crippen LogP contribution in [0.2, 0.25) is 0 Å². The lowest BCUT2D eigenvalue weighted by Gasteiger charge is -2.03. The summed E-state index contributed by atoms with van der Waals surface area (Å²) < 4.78 is 0. The second-order valence-electron chi connectivity index (χ2n) is 5.46. The molecule has 0 radical (unpaired) electrons. The fourth-order valence-electron chi connectivity index (χ4n) is 2.41. The van der Waals surface area contributed by atoms with E-state index >= 15 is 0 Å². The van der Waals surface area contributed by atoms with Crippen LogP contribution in [-0.2, 0) is 11.2 Å². The maximum Gasteiger partial charge on any atom is 0.142 e. The molecule has 0 aliphatic rings. The average molecular weight is 272 g/mol. The van der Waals surface area contributed by atoms with E-state index in [1.807, 2.05) is 6.08 Å². The topological polar surface area (TPSA) is 17.1 Å². The van der Waals surface area contributed by atoms with E-state index in [4.69, 9.17) is 0 Å². The molecule has 0 aliphatic carbocycles. The van der Waals surface area contributed by atoms with Gasteiger partial charge in [-0.25, -0.2) is 0 Å². The Kier molecular flexibility index (Phi) is 9.56. The van der Waals surface area contributed by atoms with Gasteiger partial charge >= 0.3 is 0 Å². The minimum absolute atomic E-state index is 0.814. The van der Waals surface area contributed by atoms with Gasteiger partial charge in [0.25, 0.3) is 0 Å². The van der Waals surface area contributed by atoms with Crippen LogP contribution >= 0.6 is 0 Å². The van der Waals surface area contributed by atoms with Gasteiger partial charge in [0.05, 0.1) is 0 Å². The van der Waals surface area contributed by atoms with Crippen LogP contribution in [0.3, 0.4) is 0 Å². The molecule has 0 N–H and O–H groups in total. The molecule has 0 bridgehead atoms. The first kappa shape index (κ1) is 16.7. The van der Waals surface area contributed by atoms with Crippen molar-refractivity contribution in [3.05, 3.63) is 41.5 Å². The van der Waals surface area contributed by atoms with Crippen LogP contribution in [0.4, 0.5) is 0 Å². The number of benzene rings is 1. The highest BCUT2D eigenvalue weighted by molar-refractivity contribution is 5.73. The zero-order chi connectivity index (χ0) is 14.5. The number of carbonyl (C=O) groups excluding carboxylic acids is 1. The third-order valence-electron chi connectivity index (χ3n) is 3.67. The van der Waals surface area contributed by atoms with Crippen molar-refractivity contribution < 1.29 is 4.79 Å². The van der Waals surface area contributed by atoms with E-state index in [0.717, 1.165) is 11.8 Å². The van der Waals surface area contributed by atoms with Gasteiger partial charge < -0.3 is 0 Å². The van der Waals surface area contributed by atoms with Crippen molar-refractivity contribution in [1.29, 1.82) is 0 Å². The monoisotopic (exact) mass is 272 g/mol. The summed E-state index contributed by atoms with van der Waals surface area (Å²) in [7, 11) is 0. The lowest BCUT2D eigenvalue weighted by molar-refractivity contribution is -0.104. The van der Waals surface area contributed by atoms with E-state index in [9.17, 15) is 4.79 Å². The Hall–Kier alpha value is -1.37. The molecule has 0 saturated heterocycles. The van der Waals surface area contributed by atoms with Crippen molar-refractivity contribution in [3.63, 3.8) is 0 Å². The molecule has 0 aliphatic heterocycles. The molecule has 1 nitrogen and oxygen atoms in total. The standard InChI is InChI=1S/C19H28O/c1-2-3-4-5-6-7-8-9-11-18-13-15-19(16-14-18)12-10-17-20/h10,12-17H,2-9,11H2,1H3/b12-10+. The van der Waals surface area contributed by atoms with Crippen LogP contribution in [0.5, 0.6) is 0 Å². The summed E-state index contributed by atoms with van der Waals surface area (Å²) in [5.74, 6) is 0. The molecule has 0 spiro atoms. The maximum absolute atomic E-state index is 10.2. The Bertz CT molecular complexity index is 375. The number of allylic oxidation sites excluding steroid dienone is 1. The molecule has 1 aromatic rings. The van der Waals surface area contributed by atoms with E-state index in [2.05, 4.69) is 31.2 Å². The number of hydrogen-bond acceptors (Lipinski definition) is 1. The van der Waals surface area contributed by atoms with E-state index in [0.29, 0.717) is 0 Å². The molecular weight excluding hydrogens is 244 g/mol. The number of unbranched alkanes of at least 4 members (excludes halogenated alkanes) is 7. The minimum atomic E-state index is 0.814. The van der Waals surface area contributed by atoms with E-state index < -0.39 is 0 Å². The molecular formula is C19H28O. The molecule has 0 saturated carbocycles. The number of rotatable bonds is 11. The van der Waals surface area contributed by atoms with Crippen molar-refractivity contribution in [2.45, 2.75) is 64.7 Å². The quantitative estimate of drug-likeness (QED) is 0.292. The Morgan fingerprint density at radius 1 is 0.850 bits per heavy atom. The van der Waals surface area contributed by atoms with E-state index in [-0.39, 0.29) is 0 Å². The minimum Gasteiger partial charge on any atom is -0.299 e. The second-order valence-corrected chi connectivity index (χ2v) is 5.46. The lowest BCUT2D eigenvalue weighted by Crippen LogP contribution is -1.87. The summed E-state index contributed by atoms with van der Waals surface area (Å²) in [5, 5.41) is 0. The summed E-state index contributed by atoms with van der Waals surface area (Å²) in [4.78, 5) is 10.2. The molecule has 1 heteroatoms. The first-order valence-corrected chi connectivity index (χ1v) is 8.07. The van der Waals surface area contributed by atoms with Crippen LogP contribution in [0.1, 0.15) is 69.4 Å². The number of hydrogen-bond donors (Lipinski definition) is 0. The predicted octanol–water partition coefficient (Wildman–Crippen LogP) is 5.58. The van der Waals surface area contributed by atoms with Crippen LogP contribution in [0.25, 0.3) is 6.08 Å². The summed E-state index contributed by atoms with van der Waals surface area (Å²) in [6.07, 6.45) is 16.3. The average Bonchev–Trinajstić information content (AvgIpc) is 2.49. The molecule has 0 fully saturated rings. The van der Waals surface area contributed by atoms with Gasteiger partial charge in [0.2, 0.25) is 0 Å². The number of carbonyl (C=O) groups is 1. The Morgan fingerprint density at radius 2 is 1.45 bits per heavy atom. The van der Waals surface area contributed by atoms with Crippen molar-refractivity contribution in [2.75, 3.05) is 0 Å². The first-order chi connectivity index (χ1) is 9.86. The maximum atomic E-state index is 10.2. The van der Waals surface area contributed by atoms with Gasteiger partial charge in [-0.1, -0.05) is 82.2 Å². The number of aryl methyl sites for hydroxylation is 1. The molecule has 110 valence electrons. The van der Waals surface area contributed by atoms with Gasteiger partial charge in [-0.05, 0) is 30.0 Å². The van der Waals surface area contributed by atoms with Crippen LogP contribution in [0.15, 0.2) is 30.3 Å². The van der Waals surface area contributed by atoms with Gasteiger partial charge in [0.1, 0.15) is 6.29 Å². The smallest absolute Gasteiger partial charge is 0.142 e. The summed E-state index contributed by atoms with van der Waals surface area (Å²) in [6.45, 7) is 2.26. The highest BCUT2D eigenvalue weighted by Gasteiger charge is 1.95. The molecule has 1 aromatic carbocycles. The Balaban J connectivity index is 2.10.